The molecule has 1 atom stereocenters. The number of hydrogen-bond acceptors (Lipinski definition) is 3. The molecule has 3 rings (SSSR count). The van der Waals surface area contributed by atoms with Crippen LogP contribution in [0.4, 0.5) is 11.4 Å². The highest BCUT2D eigenvalue weighted by molar-refractivity contribution is 5.61. The quantitative estimate of drug-likeness (QED) is 0.692. The molecule has 1 aliphatic rings. The largest absolute Gasteiger partial charge is 0.378 e. The van der Waals surface area contributed by atoms with Crippen LogP contribution in [0, 0.1) is 0 Å². The molecule has 0 aromatic heterocycles. The van der Waals surface area contributed by atoms with Gasteiger partial charge in [-0.25, -0.2) is 0 Å². The van der Waals surface area contributed by atoms with E-state index in [1.165, 1.54) is 33.6 Å². The zero-order valence-electron chi connectivity index (χ0n) is 17.1. The highest BCUT2D eigenvalue weighted by atomic mass is 16.5. The van der Waals surface area contributed by atoms with Crippen LogP contribution in [0.25, 0.3) is 6.08 Å². The lowest BCUT2D eigenvalue weighted by Crippen LogP contribution is -2.09. The topological polar surface area (TPSA) is 15.7 Å². The van der Waals surface area contributed by atoms with Gasteiger partial charge in [0.05, 0.1) is 0 Å². The van der Waals surface area contributed by atoms with E-state index in [1.807, 2.05) is 0 Å². The molecular formula is C24H30N2O. The monoisotopic (exact) mass is 362 g/mol. The Hall–Kier alpha value is -2.52. The Labute approximate surface area is 163 Å². The summed E-state index contributed by atoms with van der Waals surface area (Å²) in [4.78, 5) is 4.23. The van der Waals surface area contributed by atoms with Gasteiger partial charge in [-0.05, 0) is 59.4 Å². The Morgan fingerprint density at radius 3 is 1.89 bits per heavy atom. The van der Waals surface area contributed by atoms with E-state index in [0.29, 0.717) is 0 Å². The molecule has 27 heavy (non-hydrogen) atoms. The van der Waals surface area contributed by atoms with Gasteiger partial charge in [0, 0.05) is 46.7 Å². The number of anilines is 2. The summed E-state index contributed by atoms with van der Waals surface area (Å²) >= 11 is 0. The van der Waals surface area contributed by atoms with Crippen molar-refractivity contribution in [3.63, 3.8) is 0 Å². The molecule has 0 N–H and O–H groups in total. The van der Waals surface area contributed by atoms with Gasteiger partial charge in [-0.15, -0.1) is 0 Å². The molecule has 0 saturated carbocycles. The molecule has 3 heteroatoms. The number of allylic oxidation sites excluding steroid dienone is 2. The minimum Gasteiger partial charge on any atom is -0.378 e. The molecule has 0 aliphatic heterocycles. The maximum atomic E-state index is 5.85. The summed E-state index contributed by atoms with van der Waals surface area (Å²) in [6.07, 6.45) is 6.75. The summed E-state index contributed by atoms with van der Waals surface area (Å²) in [6.45, 7) is 0. The smallest absolute Gasteiger partial charge is 0.103 e. The third-order valence-electron chi connectivity index (χ3n) is 5.12. The predicted molar refractivity (Wildman–Crippen MR) is 117 cm³/mol. The van der Waals surface area contributed by atoms with Gasteiger partial charge in [-0.2, -0.15) is 0 Å². The number of nitrogens with zero attached hydrogens (tertiary/aromatic N) is 2. The number of hydrogen-bond donors (Lipinski definition) is 0. The van der Waals surface area contributed by atoms with Crippen molar-refractivity contribution in [1.29, 1.82) is 0 Å². The van der Waals surface area contributed by atoms with Crippen LogP contribution in [0.3, 0.4) is 0 Å². The minimum atomic E-state index is 0.0308. The molecule has 0 fully saturated rings. The summed E-state index contributed by atoms with van der Waals surface area (Å²) in [6, 6.07) is 17.3. The van der Waals surface area contributed by atoms with Gasteiger partial charge < -0.3 is 14.5 Å². The van der Waals surface area contributed by atoms with Crippen LogP contribution in [0.1, 0.15) is 30.1 Å². The van der Waals surface area contributed by atoms with Gasteiger partial charge in [0.25, 0.3) is 0 Å². The summed E-state index contributed by atoms with van der Waals surface area (Å²) in [7, 11) is 10.0. The minimum absolute atomic E-state index is 0.0308. The molecule has 2 aromatic carbocycles. The molecule has 0 radical (unpaired) electrons. The van der Waals surface area contributed by atoms with E-state index in [4.69, 9.17) is 4.74 Å². The molecule has 0 heterocycles. The zero-order chi connectivity index (χ0) is 19.4. The Bertz CT molecular complexity index is 814. The van der Waals surface area contributed by atoms with Gasteiger partial charge in [0.1, 0.15) is 6.10 Å². The maximum absolute atomic E-state index is 5.85. The lowest BCUT2D eigenvalue weighted by molar-refractivity contribution is 0.131. The molecule has 0 saturated heterocycles. The maximum Gasteiger partial charge on any atom is 0.103 e. The van der Waals surface area contributed by atoms with E-state index in [0.717, 1.165) is 12.8 Å². The van der Waals surface area contributed by atoms with Crippen LogP contribution >= 0.6 is 0 Å². The lowest BCUT2D eigenvalue weighted by Gasteiger charge is -2.19. The zero-order valence-corrected chi connectivity index (χ0v) is 17.1. The third-order valence-corrected chi connectivity index (χ3v) is 5.12. The first kappa shape index (κ1) is 19.2. The van der Waals surface area contributed by atoms with Gasteiger partial charge in [-0.1, -0.05) is 36.4 Å². The molecule has 1 aliphatic carbocycles. The van der Waals surface area contributed by atoms with E-state index in [-0.39, 0.29) is 6.10 Å². The summed E-state index contributed by atoms with van der Waals surface area (Å²) in [5, 5.41) is 0. The fraction of sp³-hybridized carbons (Fsp3) is 0.333. The van der Waals surface area contributed by atoms with Crippen LogP contribution in [-0.2, 0) is 4.74 Å². The molecule has 1 unspecified atom stereocenters. The Morgan fingerprint density at radius 2 is 1.37 bits per heavy atom. The first-order valence-electron chi connectivity index (χ1n) is 9.46. The molecule has 142 valence electrons. The van der Waals surface area contributed by atoms with Crippen molar-refractivity contribution in [2.75, 3.05) is 45.1 Å². The standard InChI is InChI=1S/C24H30N2O/c1-25(2)22-12-7-18(8-13-22)16-19-6-9-21(17-19)24(27-5)20-10-14-23(15-11-20)26(3)4/h7-8,10-17,24H,6,9H2,1-5H3. The molecular weight excluding hydrogens is 332 g/mol. The molecule has 3 nitrogen and oxygen atoms in total. The van der Waals surface area contributed by atoms with Gasteiger partial charge in [0.15, 0.2) is 0 Å². The number of benzene rings is 2. The molecule has 0 amide bonds. The van der Waals surface area contributed by atoms with E-state index >= 15 is 0 Å². The second kappa shape index (κ2) is 8.45. The van der Waals surface area contributed by atoms with Crippen molar-refractivity contribution in [3.8, 4) is 0 Å². The Kier molecular flexibility index (Phi) is 6.02. The fourth-order valence-corrected chi connectivity index (χ4v) is 3.52. The first-order valence-corrected chi connectivity index (χ1v) is 9.46. The van der Waals surface area contributed by atoms with Crippen molar-refractivity contribution < 1.29 is 4.74 Å². The van der Waals surface area contributed by atoms with Crippen LogP contribution in [0.5, 0.6) is 0 Å². The highest BCUT2D eigenvalue weighted by Crippen LogP contribution is 2.36. The van der Waals surface area contributed by atoms with Gasteiger partial charge in [-0.3, -0.25) is 0 Å². The van der Waals surface area contributed by atoms with Crippen LogP contribution in [-0.4, -0.2) is 35.3 Å². The summed E-state index contributed by atoms with van der Waals surface area (Å²) in [5.41, 5.74) is 7.61. The van der Waals surface area contributed by atoms with Crippen molar-refractivity contribution in [2.24, 2.45) is 0 Å². The number of ether oxygens (including phenoxy) is 1. The van der Waals surface area contributed by atoms with E-state index in [2.05, 4.69) is 98.7 Å². The second-order valence-corrected chi connectivity index (χ2v) is 7.53. The van der Waals surface area contributed by atoms with E-state index in [9.17, 15) is 0 Å². The SMILES string of the molecule is COC(C1=CC(=Cc2ccc(N(C)C)cc2)CC1)c1ccc(N(C)C)cc1. The second-order valence-electron chi connectivity index (χ2n) is 7.53. The van der Waals surface area contributed by atoms with Crippen molar-refractivity contribution in [3.05, 3.63) is 76.9 Å². The van der Waals surface area contributed by atoms with Crippen LogP contribution in [0.15, 0.2) is 65.8 Å². The first-order chi connectivity index (χ1) is 13.0. The summed E-state index contributed by atoms with van der Waals surface area (Å²) in [5.74, 6) is 0. The van der Waals surface area contributed by atoms with Crippen molar-refractivity contribution >= 4 is 17.5 Å². The fourth-order valence-electron chi connectivity index (χ4n) is 3.52. The predicted octanol–water partition coefficient (Wildman–Crippen LogP) is 5.31. The lowest BCUT2D eigenvalue weighted by atomic mass is 10.0. The third kappa shape index (κ3) is 4.61. The molecule has 0 spiro atoms. The Balaban J connectivity index is 1.78. The number of methoxy groups -OCH3 is 1. The van der Waals surface area contributed by atoms with Crippen molar-refractivity contribution in [2.45, 2.75) is 18.9 Å². The van der Waals surface area contributed by atoms with E-state index < -0.39 is 0 Å². The average molecular weight is 363 g/mol. The highest BCUT2D eigenvalue weighted by Gasteiger charge is 2.20. The van der Waals surface area contributed by atoms with Crippen molar-refractivity contribution in [1.82, 2.24) is 0 Å². The molecule has 2 aromatic rings. The molecule has 0 bridgehead atoms. The Morgan fingerprint density at radius 1 is 0.815 bits per heavy atom. The number of rotatable bonds is 6. The van der Waals surface area contributed by atoms with Crippen LogP contribution < -0.4 is 9.80 Å². The average Bonchev–Trinajstić information content (AvgIpc) is 3.11. The van der Waals surface area contributed by atoms with Gasteiger partial charge in [0.2, 0.25) is 0 Å². The summed E-state index contributed by atoms with van der Waals surface area (Å²) < 4.78 is 5.85. The van der Waals surface area contributed by atoms with Gasteiger partial charge >= 0.3 is 0 Å². The van der Waals surface area contributed by atoms with Crippen LogP contribution in [0.2, 0.25) is 0 Å². The normalized spacial score (nSPS) is 16.3. The van der Waals surface area contributed by atoms with E-state index in [1.54, 1.807) is 7.11 Å².